The van der Waals surface area contributed by atoms with Crippen molar-refractivity contribution in [1.82, 2.24) is 10.0 Å². The molecule has 0 fully saturated rings. The summed E-state index contributed by atoms with van der Waals surface area (Å²) in [5.41, 5.74) is 2.72. The number of hydrogen-bond acceptors (Lipinski definition) is 4. The molecule has 1 atom stereocenters. The van der Waals surface area contributed by atoms with Crippen molar-refractivity contribution in [3.8, 4) is 0 Å². The summed E-state index contributed by atoms with van der Waals surface area (Å²) in [6.07, 6.45) is 0.682. The van der Waals surface area contributed by atoms with Gasteiger partial charge in [-0.15, -0.1) is 0 Å². The van der Waals surface area contributed by atoms with Gasteiger partial charge in [-0.1, -0.05) is 13.0 Å². The normalized spacial score (nSPS) is 13.4. The fourth-order valence-electron chi connectivity index (χ4n) is 2.20. The fraction of sp³-hybridized carbons (Fsp3) is 0.600. The van der Waals surface area contributed by atoms with Gasteiger partial charge in [0.2, 0.25) is 10.0 Å². The van der Waals surface area contributed by atoms with Gasteiger partial charge in [-0.25, -0.2) is 13.1 Å². The highest BCUT2D eigenvalue weighted by Gasteiger charge is 2.22. The molecule has 120 valence electrons. The SMILES string of the molecule is CCC(COC)NS(=O)(=O)c1cc(CNC)cc(C)c1C. The lowest BCUT2D eigenvalue weighted by molar-refractivity contribution is 0.173. The average Bonchev–Trinajstić information content (AvgIpc) is 2.42. The molecule has 5 nitrogen and oxygen atoms in total. The van der Waals surface area contributed by atoms with Crippen molar-refractivity contribution in [3.63, 3.8) is 0 Å². The van der Waals surface area contributed by atoms with Crippen LogP contribution in [-0.4, -0.2) is 35.2 Å². The van der Waals surface area contributed by atoms with Crippen molar-refractivity contribution < 1.29 is 13.2 Å². The molecule has 1 aromatic carbocycles. The zero-order chi connectivity index (χ0) is 16.0. The molecule has 0 aliphatic carbocycles. The largest absolute Gasteiger partial charge is 0.383 e. The van der Waals surface area contributed by atoms with E-state index < -0.39 is 10.0 Å². The predicted molar refractivity (Wildman–Crippen MR) is 85.0 cm³/mol. The van der Waals surface area contributed by atoms with Crippen LogP contribution in [0.15, 0.2) is 17.0 Å². The maximum absolute atomic E-state index is 12.6. The number of rotatable bonds is 8. The Morgan fingerprint density at radius 3 is 2.48 bits per heavy atom. The molecule has 0 aromatic heterocycles. The minimum absolute atomic E-state index is 0.215. The van der Waals surface area contributed by atoms with Crippen LogP contribution < -0.4 is 10.0 Å². The highest BCUT2D eigenvalue weighted by atomic mass is 32.2. The smallest absolute Gasteiger partial charge is 0.241 e. The highest BCUT2D eigenvalue weighted by molar-refractivity contribution is 7.89. The van der Waals surface area contributed by atoms with Gasteiger partial charge in [0.05, 0.1) is 11.5 Å². The number of ether oxygens (including phenoxy) is 1. The molecule has 1 aromatic rings. The summed E-state index contributed by atoms with van der Waals surface area (Å²) in [6.45, 7) is 6.70. The lowest BCUT2D eigenvalue weighted by Gasteiger charge is -2.18. The first-order valence-electron chi connectivity index (χ1n) is 7.11. The van der Waals surface area contributed by atoms with Crippen molar-refractivity contribution in [1.29, 1.82) is 0 Å². The summed E-state index contributed by atoms with van der Waals surface area (Å²) in [5.74, 6) is 0. The zero-order valence-corrected chi connectivity index (χ0v) is 14.3. The van der Waals surface area contributed by atoms with Gasteiger partial charge in [0.1, 0.15) is 0 Å². The molecule has 1 unspecified atom stereocenters. The Bertz CT molecular complexity index is 571. The Morgan fingerprint density at radius 1 is 1.29 bits per heavy atom. The number of sulfonamides is 1. The van der Waals surface area contributed by atoms with Gasteiger partial charge in [-0.3, -0.25) is 0 Å². The molecular formula is C15H26N2O3S. The van der Waals surface area contributed by atoms with Gasteiger partial charge in [-0.2, -0.15) is 0 Å². The van der Waals surface area contributed by atoms with E-state index in [1.54, 1.807) is 13.2 Å². The predicted octanol–water partition coefficient (Wildman–Crippen LogP) is 1.73. The van der Waals surface area contributed by atoms with E-state index in [2.05, 4.69) is 10.0 Å². The Balaban J connectivity index is 3.17. The molecule has 0 heterocycles. The lowest BCUT2D eigenvalue weighted by atomic mass is 10.1. The fourth-order valence-corrected chi connectivity index (χ4v) is 3.87. The molecule has 0 amide bonds. The van der Waals surface area contributed by atoms with E-state index in [1.807, 2.05) is 33.9 Å². The molecule has 0 saturated heterocycles. The Kier molecular flexibility index (Phi) is 6.80. The van der Waals surface area contributed by atoms with Crippen LogP contribution in [-0.2, 0) is 21.3 Å². The van der Waals surface area contributed by atoms with Crippen LogP contribution in [0.2, 0.25) is 0 Å². The lowest BCUT2D eigenvalue weighted by Crippen LogP contribution is -2.37. The molecule has 1 rings (SSSR count). The van der Waals surface area contributed by atoms with Gasteiger partial charge in [0.25, 0.3) is 0 Å². The topological polar surface area (TPSA) is 67.4 Å². The van der Waals surface area contributed by atoms with Gasteiger partial charge in [0, 0.05) is 19.7 Å². The van der Waals surface area contributed by atoms with Gasteiger partial charge >= 0.3 is 0 Å². The molecule has 0 radical (unpaired) electrons. The average molecular weight is 314 g/mol. The molecule has 0 aliphatic rings. The van der Waals surface area contributed by atoms with Gasteiger partial charge < -0.3 is 10.1 Å². The van der Waals surface area contributed by atoms with Crippen LogP contribution in [0.3, 0.4) is 0 Å². The maximum Gasteiger partial charge on any atom is 0.241 e. The molecule has 21 heavy (non-hydrogen) atoms. The molecule has 0 aliphatic heterocycles. The minimum Gasteiger partial charge on any atom is -0.383 e. The van der Waals surface area contributed by atoms with E-state index >= 15 is 0 Å². The van der Waals surface area contributed by atoms with Crippen molar-refractivity contribution >= 4 is 10.0 Å². The van der Waals surface area contributed by atoms with E-state index in [-0.39, 0.29) is 6.04 Å². The van der Waals surface area contributed by atoms with E-state index in [4.69, 9.17) is 4.74 Å². The number of aryl methyl sites for hydroxylation is 1. The first-order valence-corrected chi connectivity index (χ1v) is 8.60. The van der Waals surface area contributed by atoms with Crippen molar-refractivity contribution in [3.05, 3.63) is 28.8 Å². The molecule has 2 N–H and O–H groups in total. The molecule has 0 saturated carbocycles. The van der Waals surface area contributed by atoms with E-state index in [0.717, 1.165) is 16.7 Å². The molecular weight excluding hydrogens is 288 g/mol. The first kappa shape index (κ1) is 18.1. The second-order valence-corrected chi connectivity index (χ2v) is 6.93. The highest BCUT2D eigenvalue weighted by Crippen LogP contribution is 2.21. The Labute approximate surface area is 128 Å². The van der Waals surface area contributed by atoms with Gasteiger partial charge in [-0.05, 0) is 50.1 Å². The maximum atomic E-state index is 12.6. The molecule has 0 spiro atoms. The summed E-state index contributed by atoms with van der Waals surface area (Å²) in [4.78, 5) is 0.349. The second-order valence-electron chi connectivity index (χ2n) is 5.25. The quantitative estimate of drug-likeness (QED) is 0.767. The number of methoxy groups -OCH3 is 1. The summed E-state index contributed by atoms with van der Waals surface area (Å²) >= 11 is 0. The van der Waals surface area contributed by atoms with Crippen LogP contribution >= 0.6 is 0 Å². The first-order chi connectivity index (χ1) is 9.85. The standard InChI is InChI=1S/C15H26N2O3S/c1-6-14(10-20-5)17-21(18,19)15-8-13(9-16-4)7-11(2)12(15)3/h7-8,14,16-17H,6,9-10H2,1-5H3. The van der Waals surface area contributed by atoms with Crippen LogP contribution in [0.4, 0.5) is 0 Å². The van der Waals surface area contributed by atoms with Crippen LogP contribution in [0, 0.1) is 13.8 Å². The van der Waals surface area contributed by atoms with Crippen molar-refractivity contribution in [2.45, 2.75) is 44.7 Å². The van der Waals surface area contributed by atoms with E-state index in [0.29, 0.717) is 24.5 Å². The summed E-state index contributed by atoms with van der Waals surface area (Å²) in [7, 11) is -0.136. The Hall–Kier alpha value is -0.950. The third kappa shape index (κ3) is 4.78. The zero-order valence-electron chi connectivity index (χ0n) is 13.5. The van der Waals surface area contributed by atoms with Crippen LogP contribution in [0.5, 0.6) is 0 Å². The monoisotopic (exact) mass is 314 g/mol. The summed E-state index contributed by atoms with van der Waals surface area (Å²) in [5, 5.41) is 3.05. The third-order valence-electron chi connectivity index (χ3n) is 3.53. The van der Waals surface area contributed by atoms with Crippen LogP contribution in [0.25, 0.3) is 0 Å². The molecule has 0 bridgehead atoms. The van der Waals surface area contributed by atoms with E-state index in [9.17, 15) is 8.42 Å². The van der Waals surface area contributed by atoms with E-state index in [1.165, 1.54) is 0 Å². The van der Waals surface area contributed by atoms with Crippen molar-refractivity contribution in [2.24, 2.45) is 0 Å². The third-order valence-corrected chi connectivity index (χ3v) is 5.18. The van der Waals surface area contributed by atoms with Gasteiger partial charge in [0.15, 0.2) is 0 Å². The summed E-state index contributed by atoms with van der Waals surface area (Å²) < 4.78 is 33.0. The minimum atomic E-state index is -3.55. The second kappa shape index (κ2) is 7.89. The number of hydrogen-bond donors (Lipinski definition) is 2. The van der Waals surface area contributed by atoms with Crippen LogP contribution in [0.1, 0.15) is 30.0 Å². The Morgan fingerprint density at radius 2 is 1.95 bits per heavy atom. The molecule has 6 heteroatoms. The summed E-state index contributed by atoms with van der Waals surface area (Å²) in [6, 6.07) is 3.53. The number of nitrogens with one attached hydrogen (secondary N) is 2. The van der Waals surface area contributed by atoms with Crippen molar-refractivity contribution in [2.75, 3.05) is 20.8 Å². The number of benzene rings is 1.